The molecule has 1 saturated carbocycles. The van der Waals surface area contributed by atoms with Crippen LogP contribution in [-0.4, -0.2) is 48.1 Å². The van der Waals surface area contributed by atoms with E-state index in [2.05, 4.69) is 17.1 Å². The van der Waals surface area contributed by atoms with Crippen LogP contribution in [0, 0.1) is 11.8 Å². The number of carbonyl (C=O) groups is 1. The van der Waals surface area contributed by atoms with E-state index in [-0.39, 0.29) is 23.9 Å². The molecule has 7 N–H and O–H groups in total. The molecule has 0 radical (unpaired) electrons. The van der Waals surface area contributed by atoms with Crippen LogP contribution in [0.15, 0.2) is 21.7 Å². The van der Waals surface area contributed by atoms with Gasteiger partial charge in [0, 0.05) is 31.7 Å². The zero-order valence-electron chi connectivity index (χ0n) is 17.7. The van der Waals surface area contributed by atoms with E-state index in [4.69, 9.17) is 22.0 Å². The van der Waals surface area contributed by atoms with E-state index in [1.54, 1.807) is 10.6 Å². The van der Waals surface area contributed by atoms with Gasteiger partial charge >= 0.3 is 11.7 Å². The van der Waals surface area contributed by atoms with Crippen LogP contribution in [0.1, 0.15) is 25.8 Å². The maximum absolute atomic E-state index is 12.8. The van der Waals surface area contributed by atoms with Crippen LogP contribution in [0.4, 0.5) is 10.5 Å². The van der Waals surface area contributed by atoms with Crippen molar-refractivity contribution in [1.29, 1.82) is 0 Å². The van der Waals surface area contributed by atoms with Crippen molar-refractivity contribution in [3.8, 4) is 5.75 Å². The summed E-state index contributed by atoms with van der Waals surface area (Å²) in [5.74, 6) is 6.61. The normalized spacial score (nSPS) is 22.0. The van der Waals surface area contributed by atoms with Crippen molar-refractivity contribution in [3.63, 3.8) is 0 Å². The van der Waals surface area contributed by atoms with E-state index in [0.29, 0.717) is 34.4 Å². The quantitative estimate of drug-likeness (QED) is 0.439. The van der Waals surface area contributed by atoms with Crippen LogP contribution in [0.5, 0.6) is 5.75 Å². The summed E-state index contributed by atoms with van der Waals surface area (Å²) in [6.45, 7) is 3.77. The Labute approximate surface area is 178 Å². The summed E-state index contributed by atoms with van der Waals surface area (Å²) in [4.78, 5) is 38.6. The Morgan fingerprint density at radius 3 is 2.61 bits per heavy atom. The fraction of sp³-hybridized carbons (Fsp3) is 0.550. The zero-order valence-corrected chi connectivity index (χ0v) is 17.7. The summed E-state index contributed by atoms with van der Waals surface area (Å²) in [5, 5.41) is 2.92. The molecule has 0 unspecified atom stereocenters. The van der Waals surface area contributed by atoms with Crippen molar-refractivity contribution >= 4 is 22.6 Å². The lowest BCUT2D eigenvalue weighted by Crippen LogP contribution is -2.45. The molecule has 2 aliphatic rings. The maximum Gasteiger partial charge on any atom is 0.350 e. The molecule has 2 amide bonds. The maximum atomic E-state index is 12.8. The molecule has 11 heteroatoms. The minimum atomic E-state index is -0.599. The van der Waals surface area contributed by atoms with Gasteiger partial charge in [-0.3, -0.25) is 9.36 Å². The highest BCUT2D eigenvalue weighted by Gasteiger charge is 2.36. The molecule has 1 aromatic carbocycles. The van der Waals surface area contributed by atoms with Gasteiger partial charge in [-0.25, -0.2) is 9.59 Å². The fourth-order valence-corrected chi connectivity index (χ4v) is 4.64. The number of primary amides is 1. The lowest BCUT2D eigenvalue weighted by molar-refractivity contribution is 0.246. The third-order valence-electron chi connectivity index (χ3n) is 6.40. The van der Waals surface area contributed by atoms with Crippen molar-refractivity contribution < 1.29 is 9.53 Å². The number of rotatable bonds is 6. The summed E-state index contributed by atoms with van der Waals surface area (Å²) in [6.07, 6.45) is 1.70. The van der Waals surface area contributed by atoms with Crippen molar-refractivity contribution in [2.24, 2.45) is 23.3 Å². The lowest BCUT2D eigenvalue weighted by atomic mass is 9.91. The van der Waals surface area contributed by atoms with Gasteiger partial charge in [-0.05, 0) is 36.8 Å². The molecule has 1 aromatic heterocycles. The number of urea groups is 1. The predicted octanol–water partition coefficient (Wildman–Crippen LogP) is -0.712. The Bertz CT molecular complexity index is 1140. The molecule has 1 aliphatic carbocycles. The van der Waals surface area contributed by atoms with Crippen LogP contribution in [0.25, 0.3) is 10.9 Å². The summed E-state index contributed by atoms with van der Waals surface area (Å²) >= 11 is 0. The average Bonchev–Trinajstić information content (AvgIpc) is 3.50. The Morgan fingerprint density at radius 1 is 1.29 bits per heavy atom. The second kappa shape index (κ2) is 7.80. The Morgan fingerprint density at radius 2 is 2.00 bits per heavy atom. The molecule has 168 valence electrons. The van der Waals surface area contributed by atoms with Crippen LogP contribution < -0.4 is 43.5 Å². The molecule has 2 heterocycles. The van der Waals surface area contributed by atoms with Gasteiger partial charge in [0.05, 0.1) is 18.2 Å². The minimum absolute atomic E-state index is 0.00750. The molecule has 3 atom stereocenters. The number of ether oxygens (including phenoxy) is 1. The van der Waals surface area contributed by atoms with Gasteiger partial charge < -0.3 is 32.3 Å². The Hall–Kier alpha value is -3.21. The second-order valence-electron chi connectivity index (χ2n) is 8.53. The minimum Gasteiger partial charge on any atom is -0.492 e. The standard InChI is InChI=1S/C20H29N7O4/c1-10-8-25(9-13(10)14(21)7-24-19(22)29)15-6-5-12-16(17(15)31-2)26(11-3-4-11)20(30)27(23)18(12)28/h5-6,10-11,13-14H,3-4,7-9,21,23H2,1-2H3,(H3,22,24,29)/t10-,13-,14-/m0/s1. The molecule has 1 aliphatic heterocycles. The number of hydrogen-bond acceptors (Lipinski definition) is 7. The van der Waals surface area contributed by atoms with Crippen molar-refractivity contribution in [3.05, 3.63) is 33.0 Å². The average molecular weight is 431 g/mol. The molecule has 1 saturated heterocycles. The fourth-order valence-electron chi connectivity index (χ4n) is 4.64. The third kappa shape index (κ3) is 3.58. The van der Waals surface area contributed by atoms with E-state index in [1.165, 1.54) is 7.11 Å². The highest BCUT2D eigenvalue weighted by atomic mass is 16.5. The first-order valence-corrected chi connectivity index (χ1v) is 10.4. The van der Waals surface area contributed by atoms with E-state index < -0.39 is 17.3 Å². The first-order chi connectivity index (χ1) is 14.7. The molecular weight excluding hydrogens is 402 g/mol. The summed E-state index contributed by atoms with van der Waals surface area (Å²) in [7, 11) is 1.54. The van der Waals surface area contributed by atoms with Crippen LogP contribution in [-0.2, 0) is 0 Å². The number of carbonyl (C=O) groups excluding carboxylic acids is 1. The zero-order chi connectivity index (χ0) is 22.4. The number of nitrogens with one attached hydrogen (secondary N) is 1. The number of nitrogens with two attached hydrogens (primary N) is 3. The van der Waals surface area contributed by atoms with Crippen molar-refractivity contribution in [1.82, 2.24) is 14.6 Å². The summed E-state index contributed by atoms with van der Waals surface area (Å²) in [6, 6.07) is 2.68. The number of nitrogens with zero attached hydrogens (tertiary/aromatic N) is 3. The molecule has 4 rings (SSSR count). The van der Waals surface area contributed by atoms with Gasteiger partial charge in [-0.2, -0.15) is 4.68 Å². The topological polar surface area (TPSA) is 164 Å². The molecular formula is C20H29N7O4. The molecule has 2 aromatic rings. The van der Waals surface area contributed by atoms with Crippen LogP contribution in [0.2, 0.25) is 0 Å². The SMILES string of the molecule is COc1c(N2C[C@H]([C@@H](N)CNC(N)=O)[C@@H](C)C2)ccc2c(=O)n(N)c(=O)n(C3CC3)c12. The van der Waals surface area contributed by atoms with Crippen LogP contribution in [0.3, 0.4) is 0 Å². The number of fused-ring (bicyclic) bond motifs is 1. The number of anilines is 1. The number of aromatic nitrogens is 2. The van der Waals surface area contributed by atoms with Gasteiger partial charge in [0.2, 0.25) is 0 Å². The van der Waals surface area contributed by atoms with Gasteiger partial charge in [0.15, 0.2) is 5.75 Å². The van der Waals surface area contributed by atoms with E-state index in [1.807, 2.05) is 6.07 Å². The molecule has 0 bridgehead atoms. The molecule has 31 heavy (non-hydrogen) atoms. The Balaban J connectivity index is 1.76. The number of nitrogen functional groups attached to an aromatic ring is 1. The van der Waals surface area contributed by atoms with E-state index in [9.17, 15) is 14.4 Å². The molecule has 11 nitrogen and oxygen atoms in total. The highest BCUT2D eigenvalue weighted by Crippen LogP contribution is 2.42. The Kier molecular flexibility index (Phi) is 5.29. The number of hydrogen-bond donors (Lipinski definition) is 4. The highest BCUT2D eigenvalue weighted by molar-refractivity contribution is 5.91. The summed E-state index contributed by atoms with van der Waals surface area (Å²) < 4.78 is 8.00. The lowest BCUT2D eigenvalue weighted by Gasteiger charge is -2.25. The largest absolute Gasteiger partial charge is 0.492 e. The monoisotopic (exact) mass is 431 g/mol. The predicted molar refractivity (Wildman–Crippen MR) is 118 cm³/mol. The van der Waals surface area contributed by atoms with Gasteiger partial charge in [-0.15, -0.1) is 0 Å². The van der Waals surface area contributed by atoms with Gasteiger partial charge in [-0.1, -0.05) is 6.92 Å². The van der Waals surface area contributed by atoms with E-state index in [0.717, 1.165) is 25.1 Å². The first-order valence-electron chi connectivity index (χ1n) is 10.4. The van der Waals surface area contributed by atoms with E-state index >= 15 is 0 Å². The molecule has 0 spiro atoms. The van der Waals surface area contributed by atoms with Gasteiger partial charge in [0.25, 0.3) is 5.56 Å². The number of methoxy groups -OCH3 is 1. The molecule has 2 fully saturated rings. The van der Waals surface area contributed by atoms with Crippen molar-refractivity contribution in [2.75, 3.05) is 37.5 Å². The first kappa shape index (κ1) is 21.0. The number of amides is 2. The van der Waals surface area contributed by atoms with Gasteiger partial charge in [0.1, 0.15) is 5.52 Å². The van der Waals surface area contributed by atoms with Crippen LogP contribution >= 0.6 is 0 Å². The second-order valence-corrected chi connectivity index (χ2v) is 8.53. The number of benzene rings is 1. The smallest absolute Gasteiger partial charge is 0.350 e. The summed E-state index contributed by atoms with van der Waals surface area (Å²) in [5.41, 5.74) is 11.7. The third-order valence-corrected chi connectivity index (χ3v) is 6.40. The van der Waals surface area contributed by atoms with Crippen molar-refractivity contribution in [2.45, 2.75) is 31.8 Å².